The molecule has 0 saturated heterocycles. The second kappa shape index (κ2) is 15.9. The fraction of sp³-hybridized carbons (Fsp3) is 0.234. The van der Waals surface area contributed by atoms with Crippen molar-refractivity contribution in [2.45, 2.75) is 66.3 Å². The molecule has 0 aliphatic heterocycles. The van der Waals surface area contributed by atoms with Gasteiger partial charge in [0.25, 0.3) is 0 Å². The highest BCUT2D eigenvalue weighted by Gasteiger charge is 2.18. The molecule has 0 amide bonds. The topological polar surface area (TPSA) is 25.2 Å². The Morgan fingerprint density at radius 1 is 0.816 bits per heavy atom. The van der Waals surface area contributed by atoms with Gasteiger partial charge in [-0.2, -0.15) is 0 Å². The minimum atomic E-state index is 0.310. The lowest BCUT2D eigenvalue weighted by Crippen LogP contribution is -2.15. The standard InChI is InChI=1S/C47H48N2/c1-6-14-40(34(4)16-12-17-35(5)45(15-7-2)49-29-27-36-18-13-28-48-32-36)47-43-21-10-8-19-41(43)46(42-20-9-11-22-44(42)47)39-26-25-37-30-33(3)23-24-38(37)31-39/h6,8-14,16,18-26,28-32,35,45H,7,15,17,27H2,1-5H3/b14-6-,16-12-,40-34-,49-29-. The lowest BCUT2D eigenvalue weighted by Gasteiger charge is -2.20. The minimum Gasteiger partial charge on any atom is -0.294 e. The van der Waals surface area contributed by atoms with Crippen molar-refractivity contribution in [2.24, 2.45) is 10.9 Å². The number of fused-ring (bicyclic) bond motifs is 3. The Kier molecular flexibility index (Phi) is 11.0. The van der Waals surface area contributed by atoms with Crippen LogP contribution in [0.1, 0.15) is 63.6 Å². The van der Waals surface area contributed by atoms with E-state index in [1.54, 1.807) is 0 Å². The predicted octanol–water partition coefficient (Wildman–Crippen LogP) is 12.9. The number of benzene rings is 5. The molecule has 0 spiro atoms. The number of aryl methyl sites for hydroxylation is 1. The van der Waals surface area contributed by atoms with E-state index in [0.29, 0.717) is 12.0 Å². The summed E-state index contributed by atoms with van der Waals surface area (Å²) in [4.78, 5) is 9.27. The molecule has 49 heavy (non-hydrogen) atoms. The Balaban J connectivity index is 1.38. The van der Waals surface area contributed by atoms with E-state index in [2.05, 4.69) is 161 Å². The van der Waals surface area contributed by atoms with Crippen LogP contribution in [0.4, 0.5) is 0 Å². The predicted molar refractivity (Wildman–Crippen MR) is 215 cm³/mol. The fourth-order valence-corrected chi connectivity index (χ4v) is 7.15. The third-order valence-corrected chi connectivity index (χ3v) is 9.71. The maximum absolute atomic E-state index is 5.03. The highest BCUT2D eigenvalue weighted by molar-refractivity contribution is 6.20. The summed E-state index contributed by atoms with van der Waals surface area (Å²) < 4.78 is 0. The molecule has 1 aromatic heterocycles. The van der Waals surface area contributed by atoms with E-state index < -0.39 is 0 Å². The molecule has 0 N–H and O–H groups in total. The summed E-state index contributed by atoms with van der Waals surface area (Å²) in [6.45, 7) is 11.1. The van der Waals surface area contributed by atoms with Crippen LogP contribution in [0.3, 0.4) is 0 Å². The zero-order valence-corrected chi connectivity index (χ0v) is 29.7. The monoisotopic (exact) mass is 640 g/mol. The number of aromatic nitrogens is 1. The van der Waals surface area contributed by atoms with Crippen molar-refractivity contribution < 1.29 is 0 Å². The highest BCUT2D eigenvalue weighted by atomic mass is 14.8. The first-order valence-corrected chi connectivity index (χ1v) is 17.8. The van der Waals surface area contributed by atoms with Crippen molar-refractivity contribution in [3.8, 4) is 11.1 Å². The average Bonchev–Trinajstić information content (AvgIpc) is 3.13. The van der Waals surface area contributed by atoms with Gasteiger partial charge in [-0.05, 0) is 117 Å². The second-order valence-electron chi connectivity index (χ2n) is 13.4. The summed E-state index contributed by atoms with van der Waals surface area (Å²) in [5, 5.41) is 7.66. The molecular formula is C47H48N2. The van der Waals surface area contributed by atoms with Crippen molar-refractivity contribution in [1.82, 2.24) is 4.98 Å². The summed E-state index contributed by atoms with van der Waals surface area (Å²) in [6.07, 6.45) is 19.0. The van der Waals surface area contributed by atoms with Crippen LogP contribution in [-0.2, 0) is 6.42 Å². The normalized spacial score (nSPS) is 14.1. The van der Waals surface area contributed by atoms with E-state index in [9.17, 15) is 0 Å². The van der Waals surface area contributed by atoms with Crippen LogP contribution in [0.15, 0.2) is 144 Å². The summed E-state index contributed by atoms with van der Waals surface area (Å²) in [5.41, 5.74) is 8.86. The Morgan fingerprint density at radius 2 is 1.51 bits per heavy atom. The molecule has 2 atom stereocenters. The van der Waals surface area contributed by atoms with Crippen LogP contribution < -0.4 is 0 Å². The third-order valence-electron chi connectivity index (χ3n) is 9.71. The van der Waals surface area contributed by atoms with Gasteiger partial charge in [-0.3, -0.25) is 9.98 Å². The van der Waals surface area contributed by atoms with Crippen LogP contribution in [0.25, 0.3) is 49.0 Å². The van der Waals surface area contributed by atoms with Crippen molar-refractivity contribution in [3.63, 3.8) is 0 Å². The van der Waals surface area contributed by atoms with Crippen LogP contribution in [0, 0.1) is 12.8 Å². The fourth-order valence-electron chi connectivity index (χ4n) is 7.15. The maximum atomic E-state index is 5.03. The number of nitrogens with zero attached hydrogens (tertiary/aromatic N) is 2. The molecular weight excluding hydrogens is 593 g/mol. The summed E-state index contributed by atoms with van der Waals surface area (Å²) in [6, 6.07) is 35.9. The van der Waals surface area contributed by atoms with Crippen molar-refractivity contribution >= 4 is 44.1 Å². The number of hydrogen-bond donors (Lipinski definition) is 0. The van der Waals surface area contributed by atoms with E-state index in [1.165, 1.54) is 71.3 Å². The third kappa shape index (κ3) is 7.65. The van der Waals surface area contributed by atoms with Gasteiger partial charge in [0.05, 0.1) is 6.04 Å². The van der Waals surface area contributed by atoms with Crippen molar-refractivity contribution in [1.29, 1.82) is 0 Å². The lowest BCUT2D eigenvalue weighted by atomic mass is 9.84. The van der Waals surface area contributed by atoms with Gasteiger partial charge in [0.15, 0.2) is 0 Å². The molecule has 0 fully saturated rings. The first-order chi connectivity index (χ1) is 24.0. The number of rotatable bonds is 12. The van der Waals surface area contributed by atoms with Crippen LogP contribution >= 0.6 is 0 Å². The highest BCUT2D eigenvalue weighted by Crippen LogP contribution is 2.43. The molecule has 0 saturated carbocycles. The van der Waals surface area contributed by atoms with Gasteiger partial charge in [-0.25, -0.2) is 0 Å². The minimum absolute atomic E-state index is 0.310. The second-order valence-corrected chi connectivity index (χ2v) is 13.4. The van der Waals surface area contributed by atoms with Crippen molar-refractivity contribution in [3.05, 3.63) is 156 Å². The van der Waals surface area contributed by atoms with E-state index in [0.717, 1.165) is 25.7 Å². The molecule has 1 heterocycles. The van der Waals surface area contributed by atoms with E-state index in [4.69, 9.17) is 4.99 Å². The van der Waals surface area contributed by atoms with Gasteiger partial charge in [-0.15, -0.1) is 0 Å². The Bertz CT molecular complexity index is 2120. The summed E-state index contributed by atoms with van der Waals surface area (Å²) in [5.74, 6) is 0.450. The smallest absolute Gasteiger partial charge is 0.0524 e. The van der Waals surface area contributed by atoms with E-state index in [1.807, 2.05) is 18.5 Å². The summed E-state index contributed by atoms with van der Waals surface area (Å²) >= 11 is 0. The van der Waals surface area contributed by atoms with Gasteiger partial charge in [-0.1, -0.05) is 135 Å². The number of allylic oxidation sites excluding steroid dienone is 6. The average molecular weight is 641 g/mol. The molecule has 6 rings (SSSR count). The van der Waals surface area contributed by atoms with Crippen molar-refractivity contribution in [2.75, 3.05) is 0 Å². The molecule has 0 bridgehead atoms. The molecule has 0 aliphatic carbocycles. The molecule has 0 aliphatic rings. The molecule has 2 unspecified atom stereocenters. The first kappa shape index (κ1) is 33.8. The molecule has 0 radical (unpaired) electrons. The van der Waals surface area contributed by atoms with Gasteiger partial charge in [0.2, 0.25) is 0 Å². The number of hydrogen-bond acceptors (Lipinski definition) is 2. The number of aliphatic imine (C=N–C) groups is 1. The molecule has 246 valence electrons. The Morgan fingerprint density at radius 3 is 2.18 bits per heavy atom. The van der Waals surface area contributed by atoms with Crippen LogP contribution in [-0.4, -0.2) is 17.2 Å². The molecule has 2 heteroatoms. The quantitative estimate of drug-likeness (QED) is 0.0742. The van der Waals surface area contributed by atoms with Gasteiger partial charge >= 0.3 is 0 Å². The van der Waals surface area contributed by atoms with E-state index >= 15 is 0 Å². The zero-order valence-electron chi connectivity index (χ0n) is 29.7. The Hall–Kier alpha value is -5.08. The molecule has 2 nitrogen and oxygen atoms in total. The zero-order chi connectivity index (χ0) is 34.2. The maximum Gasteiger partial charge on any atom is 0.0524 e. The van der Waals surface area contributed by atoms with Gasteiger partial charge in [0, 0.05) is 25.0 Å². The largest absolute Gasteiger partial charge is 0.294 e. The molecule has 5 aromatic carbocycles. The van der Waals surface area contributed by atoms with Crippen LogP contribution in [0.5, 0.6) is 0 Å². The Labute approximate surface area is 292 Å². The lowest BCUT2D eigenvalue weighted by molar-refractivity contribution is 0.434. The summed E-state index contributed by atoms with van der Waals surface area (Å²) in [7, 11) is 0. The van der Waals surface area contributed by atoms with Gasteiger partial charge < -0.3 is 0 Å². The first-order valence-electron chi connectivity index (χ1n) is 17.8. The van der Waals surface area contributed by atoms with E-state index in [-0.39, 0.29) is 0 Å². The van der Waals surface area contributed by atoms with Gasteiger partial charge in [0.1, 0.15) is 0 Å². The SMILES string of the molecule is C\C=C/C(=C(C)/C=C\CC(C)C(CCC)/N=C\Cc1cccnc1)c1c2ccccc2c(-c2ccc3cc(C)ccc3c2)c2ccccc12. The molecule has 6 aromatic rings. The van der Waals surface area contributed by atoms with Crippen LogP contribution in [0.2, 0.25) is 0 Å². The number of pyridine rings is 1.